The fourth-order valence-corrected chi connectivity index (χ4v) is 1.68. The van der Waals surface area contributed by atoms with Gasteiger partial charge in [0.1, 0.15) is 0 Å². The Kier molecular flexibility index (Phi) is 5.10. The lowest BCUT2D eigenvalue weighted by molar-refractivity contribution is -0.137. The van der Waals surface area contributed by atoms with E-state index in [2.05, 4.69) is 5.32 Å². The van der Waals surface area contributed by atoms with Gasteiger partial charge in [-0.3, -0.25) is 4.79 Å². The topological polar surface area (TPSA) is 29.1 Å². The van der Waals surface area contributed by atoms with Gasteiger partial charge in [0.15, 0.2) is 0 Å². The summed E-state index contributed by atoms with van der Waals surface area (Å²) in [6.07, 6.45) is -4.42. The van der Waals surface area contributed by atoms with Gasteiger partial charge in [0, 0.05) is 17.3 Å². The fourth-order valence-electron chi connectivity index (χ4n) is 1.26. The summed E-state index contributed by atoms with van der Waals surface area (Å²) in [6, 6.07) is 3.93. The molecule has 0 aromatic heterocycles. The van der Waals surface area contributed by atoms with Gasteiger partial charge in [-0.2, -0.15) is 13.2 Å². The first-order valence-electron chi connectivity index (χ1n) is 5.33. The molecule has 0 atom stereocenters. The zero-order valence-electron chi connectivity index (χ0n) is 10.0. The molecular formula is C12H12Cl2F3NO. The summed E-state index contributed by atoms with van der Waals surface area (Å²) in [7, 11) is 0. The van der Waals surface area contributed by atoms with Crippen LogP contribution in [-0.2, 0) is 6.18 Å². The molecule has 7 heteroatoms. The van der Waals surface area contributed by atoms with Gasteiger partial charge in [0.2, 0.25) is 0 Å². The second kappa shape index (κ2) is 6.01. The molecule has 0 saturated carbocycles. The third-order valence-electron chi connectivity index (χ3n) is 2.48. The van der Waals surface area contributed by atoms with E-state index < -0.39 is 23.2 Å². The van der Waals surface area contributed by atoms with Crippen molar-refractivity contribution in [1.29, 1.82) is 0 Å². The largest absolute Gasteiger partial charge is 0.416 e. The van der Waals surface area contributed by atoms with E-state index in [-0.39, 0.29) is 17.3 Å². The van der Waals surface area contributed by atoms with Crippen LogP contribution >= 0.6 is 23.2 Å². The van der Waals surface area contributed by atoms with Gasteiger partial charge in [-0.15, -0.1) is 23.2 Å². The molecule has 0 aliphatic rings. The average Bonchev–Trinajstić information content (AvgIpc) is 2.37. The summed E-state index contributed by atoms with van der Waals surface area (Å²) >= 11 is 11.4. The van der Waals surface area contributed by atoms with Gasteiger partial charge >= 0.3 is 6.18 Å². The summed E-state index contributed by atoms with van der Waals surface area (Å²) in [5.74, 6) is -0.316. The lowest BCUT2D eigenvalue weighted by Gasteiger charge is -2.25. The highest BCUT2D eigenvalue weighted by Gasteiger charge is 2.30. The molecule has 1 amide bonds. The summed E-state index contributed by atoms with van der Waals surface area (Å²) in [5, 5.41) is 2.58. The summed E-state index contributed by atoms with van der Waals surface area (Å²) in [6.45, 7) is 1.65. The first-order chi connectivity index (χ1) is 8.72. The van der Waals surface area contributed by atoms with E-state index in [0.717, 1.165) is 24.3 Å². The van der Waals surface area contributed by atoms with Crippen LogP contribution < -0.4 is 5.32 Å². The minimum atomic E-state index is -4.42. The summed E-state index contributed by atoms with van der Waals surface area (Å²) in [5.41, 5.74) is -1.49. The van der Waals surface area contributed by atoms with Crippen LogP contribution in [0.4, 0.5) is 13.2 Å². The van der Waals surface area contributed by atoms with E-state index >= 15 is 0 Å². The highest BCUT2D eigenvalue weighted by molar-refractivity contribution is 6.22. The first-order valence-corrected chi connectivity index (χ1v) is 6.40. The van der Waals surface area contributed by atoms with Crippen molar-refractivity contribution in [1.82, 2.24) is 5.32 Å². The van der Waals surface area contributed by atoms with E-state index in [9.17, 15) is 18.0 Å². The molecule has 0 radical (unpaired) electrons. The number of rotatable bonds is 4. The molecule has 1 rings (SSSR count). The van der Waals surface area contributed by atoms with Gasteiger partial charge in [0.25, 0.3) is 5.91 Å². The Hall–Kier alpha value is -0.940. The molecular weight excluding hydrogens is 302 g/mol. The molecule has 0 bridgehead atoms. The molecule has 1 N–H and O–H groups in total. The quantitative estimate of drug-likeness (QED) is 0.844. The minimum absolute atomic E-state index is 0.100. The van der Waals surface area contributed by atoms with Crippen molar-refractivity contribution in [3.63, 3.8) is 0 Å². The Morgan fingerprint density at radius 2 is 1.63 bits per heavy atom. The van der Waals surface area contributed by atoms with Gasteiger partial charge in [-0.05, 0) is 31.2 Å². The third-order valence-corrected chi connectivity index (χ3v) is 3.66. The maximum absolute atomic E-state index is 12.4. The molecule has 19 heavy (non-hydrogen) atoms. The summed E-state index contributed by atoms with van der Waals surface area (Å²) in [4.78, 5) is 11.8. The molecule has 0 heterocycles. The predicted molar refractivity (Wildman–Crippen MR) is 68.8 cm³/mol. The van der Waals surface area contributed by atoms with Crippen LogP contribution in [0.1, 0.15) is 22.8 Å². The number of carbonyl (C=O) groups is 1. The molecule has 0 aliphatic heterocycles. The van der Waals surface area contributed by atoms with Crippen LogP contribution in [0, 0.1) is 0 Å². The number of alkyl halides is 5. The smallest absolute Gasteiger partial charge is 0.344 e. The molecule has 0 unspecified atom stereocenters. The Morgan fingerprint density at radius 1 is 1.16 bits per heavy atom. The second-order valence-electron chi connectivity index (χ2n) is 4.36. The number of benzene rings is 1. The second-order valence-corrected chi connectivity index (χ2v) is 4.89. The van der Waals surface area contributed by atoms with Crippen molar-refractivity contribution in [2.75, 3.05) is 11.8 Å². The number of nitrogens with one attached hydrogen (secondary N) is 1. The number of carbonyl (C=O) groups excluding carboxylic acids is 1. The van der Waals surface area contributed by atoms with E-state index in [0.29, 0.717) is 0 Å². The van der Waals surface area contributed by atoms with Crippen LogP contribution in [-0.4, -0.2) is 23.2 Å². The minimum Gasteiger partial charge on any atom is -0.344 e. The molecule has 1 aromatic rings. The third kappa shape index (κ3) is 4.28. The van der Waals surface area contributed by atoms with E-state index in [1.807, 2.05) is 0 Å². The Balaban J connectivity index is 2.85. The lowest BCUT2D eigenvalue weighted by Crippen LogP contribution is -2.49. The van der Waals surface area contributed by atoms with Gasteiger partial charge < -0.3 is 5.32 Å². The molecule has 1 aromatic carbocycles. The van der Waals surface area contributed by atoms with Crippen LogP contribution in [0.5, 0.6) is 0 Å². The van der Waals surface area contributed by atoms with Crippen molar-refractivity contribution in [2.24, 2.45) is 0 Å². The number of hydrogen-bond acceptors (Lipinski definition) is 1. The highest BCUT2D eigenvalue weighted by atomic mass is 35.5. The van der Waals surface area contributed by atoms with Crippen LogP contribution in [0.2, 0.25) is 0 Å². The Morgan fingerprint density at radius 3 is 2.00 bits per heavy atom. The maximum Gasteiger partial charge on any atom is 0.416 e. The standard InChI is InChI=1S/C12H12Cl2F3NO/c1-11(6-13,7-14)18-10(19)8-2-4-9(5-3-8)12(15,16)17/h2-5H,6-7H2,1H3,(H,18,19). The zero-order chi connectivity index (χ0) is 14.7. The van der Waals surface area contributed by atoms with Crippen molar-refractivity contribution >= 4 is 29.1 Å². The molecule has 106 valence electrons. The fraction of sp³-hybridized carbons (Fsp3) is 0.417. The van der Waals surface area contributed by atoms with Crippen molar-refractivity contribution in [3.05, 3.63) is 35.4 Å². The first kappa shape index (κ1) is 16.1. The van der Waals surface area contributed by atoms with Crippen LogP contribution in [0.3, 0.4) is 0 Å². The number of amides is 1. The van der Waals surface area contributed by atoms with Crippen molar-refractivity contribution in [3.8, 4) is 0 Å². The zero-order valence-corrected chi connectivity index (χ0v) is 11.5. The summed E-state index contributed by atoms with van der Waals surface area (Å²) < 4.78 is 37.1. The molecule has 0 aliphatic carbocycles. The van der Waals surface area contributed by atoms with Crippen LogP contribution in [0.15, 0.2) is 24.3 Å². The molecule has 0 saturated heterocycles. The SMILES string of the molecule is CC(CCl)(CCl)NC(=O)c1ccc(C(F)(F)F)cc1. The molecule has 0 fully saturated rings. The Bertz CT molecular complexity index is 441. The molecule has 2 nitrogen and oxygen atoms in total. The average molecular weight is 314 g/mol. The highest BCUT2D eigenvalue weighted by Crippen LogP contribution is 2.29. The molecule has 0 spiro atoms. The van der Waals surface area contributed by atoms with Crippen molar-refractivity contribution in [2.45, 2.75) is 18.6 Å². The van der Waals surface area contributed by atoms with Gasteiger partial charge in [0.05, 0.1) is 11.1 Å². The van der Waals surface area contributed by atoms with Crippen LogP contribution in [0.25, 0.3) is 0 Å². The predicted octanol–water partition coefficient (Wildman–Crippen LogP) is 3.67. The van der Waals surface area contributed by atoms with E-state index in [1.54, 1.807) is 6.92 Å². The monoisotopic (exact) mass is 313 g/mol. The normalized spacial score (nSPS) is 12.3. The van der Waals surface area contributed by atoms with E-state index in [4.69, 9.17) is 23.2 Å². The van der Waals surface area contributed by atoms with Gasteiger partial charge in [-0.1, -0.05) is 0 Å². The Labute approximate surface area is 118 Å². The number of halogens is 5. The van der Waals surface area contributed by atoms with E-state index in [1.165, 1.54) is 0 Å². The lowest BCUT2D eigenvalue weighted by atomic mass is 10.1. The maximum atomic E-state index is 12.4. The van der Waals surface area contributed by atoms with Crippen molar-refractivity contribution < 1.29 is 18.0 Å². The van der Waals surface area contributed by atoms with Gasteiger partial charge in [-0.25, -0.2) is 0 Å². The number of hydrogen-bond donors (Lipinski definition) is 1.